The lowest BCUT2D eigenvalue weighted by Crippen LogP contribution is -2.42. The molecule has 0 bridgehead atoms. The van der Waals surface area contributed by atoms with Gasteiger partial charge in [0.2, 0.25) is 5.95 Å². The Hall–Kier alpha value is -2.42. The number of aliphatic hydroxyl groups excluding tert-OH is 1. The molecule has 2 aliphatic rings. The van der Waals surface area contributed by atoms with Crippen molar-refractivity contribution in [2.75, 3.05) is 30.4 Å². The van der Waals surface area contributed by atoms with E-state index in [9.17, 15) is 5.11 Å². The first kappa shape index (κ1) is 24.2. The Morgan fingerprint density at radius 3 is 2.59 bits per heavy atom. The van der Waals surface area contributed by atoms with Crippen LogP contribution in [0.4, 0.5) is 11.6 Å². The molecule has 0 unspecified atom stereocenters. The second kappa shape index (κ2) is 10.5. The van der Waals surface area contributed by atoms with Crippen molar-refractivity contribution >= 4 is 39.9 Å². The van der Waals surface area contributed by atoms with Crippen molar-refractivity contribution in [3.8, 4) is 0 Å². The van der Waals surface area contributed by atoms with Crippen LogP contribution in [-0.2, 0) is 0 Å². The molecule has 1 aliphatic heterocycles. The van der Waals surface area contributed by atoms with Gasteiger partial charge in [-0.15, -0.1) is 0 Å². The zero-order valence-electron chi connectivity index (χ0n) is 19.0. The number of aliphatic hydroxyl groups is 2. The number of piperidine rings is 1. The smallest absolute Gasteiger partial charge is 0.227 e. The molecule has 174 valence electrons. The van der Waals surface area contributed by atoms with Crippen molar-refractivity contribution in [1.29, 1.82) is 0 Å². The Bertz CT molecular complexity index is 993. The third-order valence-corrected chi connectivity index (χ3v) is 6.39. The Labute approximate surface area is 194 Å². The number of aromatic nitrogens is 2. The average Bonchev–Trinajstić information content (AvgIpc) is 2.75. The maximum Gasteiger partial charge on any atom is 0.227 e. The highest BCUT2D eigenvalue weighted by Crippen LogP contribution is 2.34. The zero-order chi connectivity index (χ0) is 23.3. The molecule has 0 atom stereocenters. The van der Waals surface area contributed by atoms with Crippen molar-refractivity contribution in [2.24, 2.45) is 10.7 Å². The molecule has 2 fully saturated rings. The standard InChI is InChI=1S/C22H29ClN6O.CH4O/c1-14(26-16-4-3-5-16)19(12-24)28-21-25-13-15-10-17(23)20(11-18(15)27-21)29-8-6-22(2,30)7-9-29;1-2/h10-13,16,30H,3-9,24H2,1-2H3,(H,25,27,28);2H,1H3/b19-12+,26-14?;. The number of halogens is 1. The van der Waals surface area contributed by atoms with Crippen LogP contribution in [0.3, 0.4) is 0 Å². The van der Waals surface area contributed by atoms with E-state index in [1.165, 1.54) is 12.6 Å². The molecule has 8 nitrogen and oxygen atoms in total. The van der Waals surface area contributed by atoms with Gasteiger partial charge in [-0.2, -0.15) is 0 Å². The first-order valence-electron chi connectivity index (χ1n) is 11.0. The summed E-state index contributed by atoms with van der Waals surface area (Å²) in [6.45, 7) is 5.35. The molecular weight excluding hydrogens is 428 g/mol. The number of nitrogens with two attached hydrogens (primary N) is 1. The van der Waals surface area contributed by atoms with E-state index in [2.05, 4.69) is 20.2 Å². The fourth-order valence-electron chi connectivity index (χ4n) is 3.80. The monoisotopic (exact) mass is 460 g/mol. The summed E-state index contributed by atoms with van der Waals surface area (Å²) in [7, 11) is 1.00. The minimum Gasteiger partial charge on any atom is -0.403 e. The second-order valence-corrected chi connectivity index (χ2v) is 8.95. The van der Waals surface area contributed by atoms with Crippen LogP contribution in [0.1, 0.15) is 46.0 Å². The molecule has 4 rings (SSSR count). The molecular formula is C23H33ClN6O2. The molecule has 2 aromatic rings. The van der Waals surface area contributed by atoms with E-state index < -0.39 is 5.60 Å². The molecule has 9 heteroatoms. The largest absolute Gasteiger partial charge is 0.403 e. The summed E-state index contributed by atoms with van der Waals surface area (Å²) in [5, 5.41) is 22.0. The normalized spacial score (nSPS) is 19.2. The van der Waals surface area contributed by atoms with E-state index in [0.29, 0.717) is 35.6 Å². The van der Waals surface area contributed by atoms with Crippen LogP contribution in [0.2, 0.25) is 5.02 Å². The number of anilines is 2. The summed E-state index contributed by atoms with van der Waals surface area (Å²) in [5.74, 6) is 0.470. The van der Waals surface area contributed by atoms with Crippen molar-refractivity contribution in [3.05, 3.63) is 35.2 Å². The average molecular weight is 461 g/mol. The number of benzene rings is 1. The highest BCUT2D eigenvalue weighted by molar-refractivity contribution is 6.34. The van der Waals surface area contributed by atoms with E-state index in [-0.39, 0.29) is 0 Å². The number of hydrogen-bond acceptors (Lipinski definition) is 8. The van der Waals surface area contributed by atoms with Gasteiger partial charge in [0.1, 0.15) is 0 Å². The van der Waals surface area contributed by atoms with E-state index in [4.69, 9.17) is 27.4 Å². The minimum atomic E-state index is -0.608. The van der Waals surface area contributed by atoms with Crippen LogP contribution in [0.5, 0.6) is 0 Å². The van der Waals surface area contributed by atoms with E-state index in [0.717, 1.165) is 55.3 Å². The van der Waals surface area contributed by atoms with Crippen LogP contribution < -0.4 is 16.0 Å². The van der Waals surface area contributed by atoms with E-state index in [1.807, 2.05) is 26.0 Å². The van der Waals surface area contributed by atoms with Crippen LogP contribution in [0, 0.1) is 0 Å². The fourth-order valence-corrected chi connectivity index (χ4v) is 4.10. The Kier molecular flexibility index (Phi) is 7.92. The molecule has 1 aromatic carbocycles. The summed E-state index contributed by atoms with van der Waals surface area (Å²) in [6.07, 6.45) is 8.20. The van der Waals surface area contributed by atoms with Gasteiger partial charge < -0.3 is 26.2 Å². The first-order chi connectivity index (χ1) is 15.3. The molecule has 5 N–H and O–H groups in total. The van der Waals surface area contributed by atoms with Gasteiger partial charge in [-0.1, -0.05) is 11.6 Å². The topological polar surface area (TPSA) is 120 Å². The lowest BCUT2D eigenvalue weighted by molar-refractivity contribution is 0.0351. The number of aliphatic imine (C=N–C) groups is 1. The number of fused-ring (bicyclic) bond motifs is 1. The third kappa shape index (κ3) is 5.68. The Morgan fingerprint density at radius 2 is 2.00 bits per heavy atom. The molecule has 0 amide bonds. The van der Waals surface area contributed by atoms with E-state index in [1.54, 1.807) is 6.20 Å². The summed E-state index contributed by atoms with van der Waals surface area (Å²) in [5.41, 5.74) is 8.53. The number of rotatable bonds is 5. The third-order valence-electron chi connectivity index (χ3n) is 6.08. The van der Waals surface area contributed by atoms with Crippen LogP contribution in [-0.4, -0.2) is 57.7 Å². The zero-order valence-corrected chi connectivity index (χ0v) is 19.7. The molecule has 1 saturated carbocycles. The first-order valence-corrected chi connectivity index (χ1v) is 11.3. The Morgan fingerprint density at radius 1 is 1.31 bits per heavy atom. The maximum atomic E-state index is 10.2. The van der Waals surface area contributed by atoms with Gasteiger partial charge in [-0.05, 0) is 58.1 Å². The van der Waals surface area contributed by atoms with Gasteiger partial charge in [0.05, 0.1) is 39.3 Å². The van der Waals surface area contributed by atoms with Crippen molar-refractivity contribution in [3.63, 3.8) is 0 Å². The number of nitrogens with one attached hydrogen (secondary N) is 1. The number of hydrogen-bond donors (Lipinski definition) is 4. The van der Waals surface area contributed by atoms with Gasteiger partial charge in [-0.3, -0.25) is 4.99 Å². The molecule has 1 saturated heterocycles. The highest BCUT2D eigenvalue weighted by Gasteiger charge is 2.28. The molecule has 0 spiro atoms. The van der Waals surface area contributed by atoms with Crippen LogP contribution >= 0.6 is 11.6 Å². The molecule has 1 aliphatic carbocycles. The van der Waals surface area contributed by atoms with Crippen LogP contribution in [0.15, 0.2) is 35.2 Å². The van der Waals surface area contributed by atoms with Gasteiger partial charge in [0.15, 0.2) is 0 Å². The maximum absolute atomic E-state index is 10.2. The van der Waals surface area contributed by atoms with E-state index >= 15 is 0 Å². The van der Waals surface area contributed by atoms with Crippen molar-refractivity contribution in [1.82, 2.24) is 9.97 Å². The Balaban J connectivity index is 0.00000141. The fraction of sp³-hybridized carbons (Fsp3) is 0.522. The lowest BCUT2D eigenvalue weighted by atomic mass is 9.93. The summed E-state index contributed by atoms with van der Waals surface area (Å²) in [4.78, 5) is 16.0. The molecule has 1 aromatic heterocycles. The van der Waals surface area contributed by atoms with Gasteiger partial charge in [0, 0.05) is 38.0 Å². The summed E-state index contributed by atoms with van der Waals surface area (Å²) >= 11 is 6.55. The molecule has 2 heterocycles. The predicted octanol–water partition coefficient (Wildman–Crippen LogP) is 3.47. The van der Waals surface area contributed by atoms with Crippen molar-refractivity contribution in [2.45, 2.75) is 57.6 Å². The van der Waals surface area contributed by atoms with Gasteiger partial charge in [0.25, 0.3) is 0 Å². The van der Waals surface area contributed by atoms with Crippen LogP contribution in [0.25, 0.3) is 10.9 Å². The summed E-state index contributed by atoms with van der Waals surface area (Å²) < 4.78 is 0. The summed E-state index contributed by atoms with van der Waals surface area (Å²) in [6, 6.07) is 4.28. The molecule has 32 heavy (non-hydrogen) atoms. The molecule has 0 radical (unpaired) electrons. The van der Waals surface area contributed by atoms with Gasteiger partial charge >= 0.3 is 0 Å². The lowest BCUT2D eigenvalue weighted by Gasteiger charge is -2.37. The predicted molar refractivity (Wildman–Crippen MR) is 131 cm³/mol. The number of nitrogens with zero attached hydrogens (tertiary/aromatic N) is 4. The van der Waals surface area contributed by atoms with Crippen molar-refractivity contribution < 1.29 is 10.2 Å². The second-order valence-electron chi connectivity index (χ2n) is 8.54. The highest BCUT2D eigenvalue weighted by atomic mass is 35.5. The SMILES string of the molecule is CC(=NC1CCC1)/C(=C\N)Nc1ncc2cc(Cl)c(N3CCC(C)(O)CC3)cc2n1.CO. The quantitative estimate of drug-likeness (QED) is 0.504. The number of allylic oxidation sites excluding steroid dienone is 1. The van der Waals surface area contributed by atoms with Gasteiger partial charge in [-0.25, -0.2) is 9.97 Å². The minimum absolute atomic E-state index is 0.397.